The lowest BCUT2D eigenvalue weighted by Gasteiger charge is -2.14. The summed E-state index contributed by atoms with van der Waals surface area (Å²) in [5, 5.41) is 11.4. The van der Waals surface area contributed by atoms with E-state index < -0.39 is 17.9 Å². The molecule has 0 aliphatic heterocycles. The number of ether oxygens (including phenoxy) is 1. The van der Waals surface area contributed by atoms with E-state index in [1.165, 1.54) is 6.92 Å². The molecule has 1 atom stereocenters. The Balaban J connectivity index is 1.89. The summed E-state index contributed by atoms with van der Waals surface area (Å²) in [6.07, 6.45) is 0.903. The monoisotopic (exact) mass is 565 g/mol. The molecule has 0 spiro atoms. The largest absolute Gasteiger partial charge is 0.480 e. The van der Waals surface area contributed by atoms with Crippen LogP contribution in [0.5, 0.6) is 11.5 Å². The van der Waals surface area contributed by atoms with Crippen molar-refractivity contribution in [3.05, 3.63) is 50.7 Å². The number of rotatable bonds is 8. The van der Waals surface area contributed by atoms with Crippen LogP contribution in [0.1, 0.15) is 43.9 Å². The maximum absolute atomic E-state index is 12.4. The molecule has 1 aromatic heterocycles. The molecule has 3 aromatic rings. The van der Waals surface area contributed by atoms with Crippen molar-refractivity contribution in [2.75, 3.05) is 0 Å². The van der Waals surface area contributed by atoms with Crippen molar-refractivity contribution in [1.82, 2.24) is 14.9 Å². The number of amides is 1. The minimum absolute atomic E-state index is 0.307. The Bertz CT molecular complexity index is 1150. The van der Waals surface area contributed by atoms with E-state index in [1.54, 1.807) is 12.1 Å². The minimum atomic E-state index is -1.10. The molecule has 1 heterocycles. The summed E-state index contributed by atoms with van der Waals surface area (Å²) < 4.78 is 9.45. The van der Waals surface area contributed by atoms with Crippen LogP contribution in [0.25, 0.3) is 11.0 Å². The summed E-state index contributed by atoms with van der Waals surface area (Å²) in [6.45, 7) is 8.67. The normalized spacial score (nSPS) is 12.2. The van der Waals surface area contributed by atoms with Crippen molar-refractivity contribution in [3.8, 4) is 11.5 Å². The standard InChI is InChI=1S/C23H25Br2N3O4/c1-5-28-19-11-15(6-7-18(19)27-20(28)8-12(2)3)32-21-16(24)9-14(10-17(21)25)22(29)26-13(4)23(30)31/h6-7,9-13H,5,8H2,1-4H3,(H,26,29)(H,30,31). The average Bonchev–Trinajstić information content (AvgIpc) is 3.05. The number of fused-ring (bicyclic) bond motifs is 1. The number of aromatic nitrogens is 2. The van der Waals surface area contributed by atoms with E-state index >= 15 is 0 Å². The highest BCUT2D eigenvalue weighted by atomic mass is 79.9. The van der Waals surface area contributed by atoms with E-state index in [2.05, 4.69) is 62.5 Å². The maximum atomic E-state index is 12.4. The molecular weight excluding hydrogens is 542 g/mol. The smallest absolute Gasteiger partial charge is 0.325 e. The molecule has 1 amide bonds. The molecule has 0 fully saturated rings. The van der Waals surface area contributed by atoms with Crippen LogP contribution in [0.2, 0.25) is 0 Å². The SMILES string of the molecule is CCn1c(CC(C)C)nc2ccc(Oc3c(Br)cc(C(=O)NC(C)C(=O)O)cc3Br)cc21. The third-order valence-corrected chi connectivity index (χ3v) is 6.08. The third-order valence-electron chi connectivity index (χ3n) is 4.90. The van der Waals surface area contributed by atoms with Gasteiger partial charge in [-0.25, -0.2) is 4.98 Å². The highest BCUT2D eigenvalue weighted by molar-refractivity contribution is 9.11. The van der Waals surface area contributed by atoms with E-state index in [4.69, 9.17) is 14.8 Å². The van der Waals surface area contributed by atoms with Crippen molar-refractivity contribution >= 4 is 54.8 Å². The van der Waals surface area contributed by atoms with Crippen molar-refractivity contribution in [1.29, 1.82) is 0 Å². The summed E-state index contributed by atoms with van der Waals surface area (Å²) in [5.41, 5.74) is 2.24. The molecular formula is C23H25Br2N3O4. The van der Waals surface area contributed by atoms with Crippen LogP contribution in [0.3, 0.4) is 0 Å². The van der Waals surface area contributed by atoms with E-state index in [0.29, 0.717) is 31.9 Å². The van der Waals surface area contributed by atoms with Crippen LogP contribution in [0.15, 0.2) is 39.3 Å². The lowest BCUT2D eigenvalue weighted by atomic mass is 10.1. The number of hydrogen-bond acceptors (Lipinski definition) is 4. The number of aryl methyl sites for hydroxylation is 1. The molecule has 0 saturated carbocycles. The van der Waals surface area contributed by atoms with Crippen molar-refractivity contribution in [2.24, 2.45) is 5.92 Å². The quantitative estimate of drug-likeness (QED) is 0.361. The Morgan fingerprint density at radius 1 is 1.16 bits per heavy atom. The van der Waals surface area contributed by atoms with Gasteiger partial charge in [0, 0.05) is 24.6 Å². The second-order valence-electron chi connectivity index (χ2n) is 7.93. The molecule has 9 heteroatoms. The number of hydrogen-bond donors (Lipinski definition) is 2. The molecule has 170 valence electrons. The number of aliphatic carboxylic acids is 1. The average molecular weight is 567 g/mol. The fraction of sp³-hybridized carbons (Fsp3) is 0.348. The Labute approximate surface area is 203 Å². The first-order valence-corrected chi connectivity index (χ1v) is 11.9. The van der Waals surface area contributed by atoms with Crippen LogP contribution in [-0.4, -0.2) is 32.6 Å². The number of nitrogens with one attached hydrogen (secondary N) is 1. The predicted molar refractivity (Wildman–Crippen MR) is 130 cm³/mol. The van der Waals surface area contributed by atoms with Gasteiger partial charge in [-0.15, -0.1) is 0 Å². The van der Waals surface area contributed by atoms with Crippen molar-refractivity contribution < 1.29 is 19.4 Å². The molecule has 1 unspecified atom stereocenters. The Kier molecular flexibility index (Phi) is 7.61. The number of carbonyl (C=O) groups is 2. The zero-order valence-corrected chi connectivity index (χ0v) is 21.4. The van der Waals surface area contributed by atoms with Gasteiger partial charge in [-0.2, -0.15) is 0 Å². The van der Waals surface area contributed by atoms with Gasteiger partial charge in [0.2, 0.25) is 0 Å². The second-order valence-corrected chi connectivity index (χ2v) is 9.63. The molecule has 0 bridgehead atoms. The van der Waals surface area contributed by atoms with Crippen LogP contribution in [0.4, 0.5) is 0 Å². The van der Waals surface area contributed by atoms with Gasteiger partial charge in [0.05, 0.1) is 20.0 Å². The predicted octanol–water partition coefficient (Wildman–Crippen LogP) is 5.77. The highest BCUT2D eigenvalue weighted by Gasteiger charge is 2.19. The number of imidazole rings is 1. The summed E-state index contributed by atoms with van der Waals surface area (Å²) in [4.78, 5) is 28.1. The molecule has 2 N–H and O–H groups in total. The first-order valence-electron chi connectivity index (χ1n) is 10.3. The number of halogens is 2. The van der Waals surface area contributed by atoms with E-state index in [9.17, 15) is 9.59 Å². The van der Waals surface area contributed by atoms with E-state index in [-0.39, 0.29) is 0 Å². The number of carboxylic acid groups (broad SMARTS) is 1. The fourth-order valence-electron chi connectivity index (χ4n) is 3.34. The molecule has 32 heavy (non-hydrogen) atoms. The van der Waals surface area contributed by atoms with Crippen molar-refractivity contribution in [2.45, 2.75) is 46.7 Å². The Morgan fingerprint density at radius 2 is 1.81 bits per heavy atom. The van der Waals surface area contributed by atoms with Gasteiger partial charge >= 0.3 is 5.97 Å². The third kappa shape index (κ3) is 5.32. The van der Waals surface area contributed by atoms with Gasteiger partial charge in [0.15, 0.2) is 5.75 Å². The van der Waals surface area contributed by atoms with Gasteiger partial charge in [-0.1, -0.05) is 13.8 Å². The molecule has 3 rings (SSSR count). The van der Waals surface area contributed by atoms with Gasteiger partial charge in [-0.05, 0) is 75.9 Å². The van der Waals surface area contributed by atoms with Gasteiger partial charge in [0.1, 0.15) is 17.6 Å². The van der Waals surface area contributed by atoms with Crippen LogP contribution >= 0.6 is 31.9 Å². The second kappa shape index (κ2) is 10.0. The van der Waals surface area contributed by atoms with Gasteiger partial charge in [0.25, 0.3) is 5.91 Å². The van der Waals surface area contributed by atoms with E-state index in [1.807, 2.05) is 18.2 Å². The minimum Gasteiger partial charge on any atom is -0.480 e. The first kappa shape index (κ1) is 24.3. The van der Waals surface area contributed by atoms with Crippen LogP contribution in [0, 0.1) is 5.92 Å². The van der Waals surface area contributed by atoms with Crippen LogP contribution in [-0.2, 0) is 17.8 Å². The van der Waals surface area contributed by atoms with Crippen molar-refractivity contribution in [3.63, 3.8) is 0 Å². The zero-order chi connectivity index (χ0) is 23.6. The number of benzene rings is 2. The van der Waals surface area contributed by atoms with Crippen LogP contribution < -0.4 is 10.1 Å². The molecule has 2 aromatic carbocycles. The fourth-order valence-corrected chi connectivity index (χ4v) is 4.69. The number of carboxylic acids is 1. The molecule has 0 saturated heterocycles. The first-order chi connectivity index (χ1) is 15.1. The number of carbonyl (C=O) groups excluding carboxylic acids is 1. The Hall–Kier alpha value is -2.39. The lowest BCUT2D eigenvalue weighted by molar-refractivity contribution is -0.138. The Morgan fingerprint density at radius 3 is 2.38 bits per heavy atom. The zero-order valence-electron chi connectivity index (χ0n) is 18.3. The summed E-state index contributed by atoms with van der Waals surface area (Å²) >= 11 is 6.92. The lowest BCUT2D eigenvalue weighted by Crippen LogP contribution is -2.38. The van der Waals surface area contributed by atoms with Gasteiger partial charge < -0.3 is 19.7 Å². The summed E-state index contributed by atoms with van der Waals surface area (Å²) in [7, 11) is 0. The molecule has 0 radical (unpaired) electrons. The summed E-state index contributed by atoms with van der Waals surface area (Å²) in [5.74, 6) is 1.13. The topological polar surface area (TPSA) is 93.5 Å². The summed E-state index contributed by atoms with van der Waals surface area (Å²) in [6, 6.07) is 7.97. The van der Waals surface area contributed by atoms with E-state index in [0.717, 1.165) is 29.8 Å². The number of nitrogens with zero attached hydrogens (tertiary/aromatic N) is 2. The van der Waals surface area contributed by atoms with Gasteiger partial charge in [-0.3, -0.25) is 9.59 Å². The molecule has 7 nitrogen and oxygen atoms in total. The maximum Gasteiger partial charge on any atom is 0.325 e. The molecule has 0 aliphatic rings. The molecule has 0 aliphatic carbocycles. The highest BCUT2D eigenvalue weighted by Crippen LogP contribution is 2.38.